The van der Waals surface area contributed by atoms with Crippen molar-refractivity contribution in [2.45, 2.75) is 25.8 Å². The lowest BCUT2D eigenvalue weighted by Gasteiger charge is -2.27. The van der Waals surface area contributed by atoms with E-state index in [4.69, 9.17) is 11.6 Å². The number of amides is 1. The summed E-state index contributed by atoms with van der Waals surface area (Å²) in [5.74, 6) is 0.515. The first-order valence-electron chi connectivity index (χ1n) is 5.91. The van der Waals surface area contributed by atoms with Gasteiger partial charge in [-0.3, -0.25) is 4.79 Å². The van der Waals surface area contributed by atoms with Gasteiger partial charge in [-0.05, 0) is 47.3 Å². The van der Waals surface area contributed by atoms with Crippen LogP contribution in [0.5, 0.6) is 0 Å². The number of halogens is 2. The Morgan fingerprint density at radius 1 is 1.67 bits per heavy atom. The summed E-state index contributed by atoms with van der Waals surface area (Å²) in [5.41, 5.74) is 0.538. The molecule has 1 amide bonds. The topological polar surface area (TPSA) is 54.0 Å². The fourth-order valence-corrected chi connectivity index (χ4v) is 2.52. The van der Waals surface area contributed by atoms with E-state index in [2.05, 4.69) is 38.5 Å². The van der Waals surface area contributed by atoms with Gasteiger partial charge < -0.3 is 10.6 Å². The number of rotatable bonds is 2. The lowest BCUT2D eigenvalue weighted by molar-refractivity contribution is -0.119. The summed E-state index contributed by atoms with van der Waals surface area (Å²) in [4.78, 5) is 16.1. The normalized spacial score (nSPS) is 23.7. The highest BCUT2D eigenvalue weighted by molar-refractivity contribution is 9.10. The third-order valence-corrected chi connectivity index (χ3v) is 3.78. The van der Waals surface area contributed by atoms with Gasteiger partial charge in [-0.15, -0.1) is 0 Å². The number of piperidine rings is 1. The molecule has 18 heavy (non-hydrogen) atoms. The monoisotopic (exact) mass is 331 g/mol. The zero-order valence-corrected chi connectivity index (χ0v) is 12.4. The third-order valence-electron chi connectivity index (χ3n) is 3.05. The lowest BCUT2D eigenvalue weighted by atomic mass is 9.94. The van der Waals surface area contributed by atoms with E-state index in [0.717, 1.165) is 23.9 Å². The Balaban J connectivity index is 2.04. The summed E-state index contributed by atoms with van der Waals surface area (Å²) in [5, 5.41) is 6.33. The first kappa shape index (κ1) is 13.8. The molecular formula is C12H15BrClN3O. The second kappa shape index (κ2) is 5.99. The molecule has 2 rings (SSSR count). The van der Waals surface area contributed by atoms with Gasteiger partial charge in [0.15, 0.2) is 5.15 Å². The van der Waals surface area contributed by atoms with E-state index in [9.17, 15) is 4.79 Å². The molecule has 1 aromatic heterocycles. The number of anilines is 1. The largest absolute Gasteiger partial charge is 0.322 e. The minimum absolute atomic E-state index is 0.0525. The highest BCUT2D eigenvalue weighted by Crippen LogP contribution is 2.24. The van der Waals surface area contributed by atoms with Crippen molar-refractivity contribution in [2.75, 3.05) is 11.9 Å². The molecule has 1 aliphatic rings. The molecular weight excluding hydrogens is 318 g/mol. The zero-order chi connectivity index (χ0) is 13.1. The van der Waals surface area contributed by atoms with Crippen molar-refractivity contribution in [3.05, 3.63) is 21.9 Å². The van der Waals surface area contributed by atoms with Gasteiger partial charge in [0.05, 0.1) is 11.7 Å². The van der Waals surface area contributed by atoms with Gasteiger partial charge in [0.25, 0.3) is 0 Å². The summed E-state index contributed by atoms with van der Waals surface area (Å²) in [6.45, 7) is 3.04. The molecule has 2 unspecified atom stereocenters. The lowest BCUT2D eigenvalue weighted by Crippen LogP contribution is -2.45. The van der Waals surface area contributed by atoms with E-state index in [1.165, 1.54) is 0 Å². The number of hydrogen-bond donors (Lipinski definition) is 2. The zero-order valence-electron chi connectivity index (χ0n) is 10.0. The second-order valence-electron chi connectivity index (χ2n) is 4.62. The van der Waals surface area contributed by atoms with Gasteiger partial charge in [0.2, 0.25) is 5.91 Å². The number of hydrogen-bond acceptors (Lipinski definition) is 3. The second-order valence-corrected chi connectivity index (χ2v) is 5.89. The van der Waals surface area contributed by atoms with Crippen molar-refractivity contribution in [2.24, 2.45) is 5.92 Å². The maximum Gasteiger partial charge on any atom is 0.241 e. The van der Waals surface area contributed by atoms with Crippen LogP contribution in [-0.4, -0.2) is 23.5 Å². The van der Waals surface area contributed by atoms with E-state index in [1.54, 1.807) is 12.3 Å². The molecule has 6 heteroatoms. The van der Waals surface area contributed by atoms with Crippen molar-refractivity contribution in [3.8, 4) is 0 Å². The quantitative estimate of drug-likeness (QED) is 0.819. The standard InChI is InChI=1S/C12H15BrClN3O/c1-7-2-3-15-10(4-7)12(18)17-9-5-8(13)6-16-11(9)14/h5-7,10,15H,2-4H2,1H3,(H,17,18). The fourth-order valence-electron chi connectivity index (χ4n) is 2.04. The molecule has 1 aromatic rings. The van der Waals surface area contributed by atoms with Crippen molar-refractivity contribution in [1.82, 2.24) is 10.3 Å². The molecule has 2 heterocycles. The van der Waals surface area contributed by atoms with Gasteiger partial charge >= 0.3 is 0 Å². The van der Waals surface area contributed by atoms with Crippen LogP contribution >= 0.6 is 27.5 Å². The average Bonchev–Trinajstić information content (AvgIpc) is 2.34. The molecule has 1 saturated heterocycles. The highest BCUT2D eigenvalue weighted by atomic mass is 79.9. The molecule has 98 valence electrons. The van der Waals surface area contributed by atoms with Crippen molar-refractivity contribution in [3.63, 3.8) is 0 Å². The number of nitrogens with zero attached hydrogens (tertiary/aromatic N) is 1. The Kier molecular flexibility index (Phi) is 4.59. The van der Waals surface area contributed by atoms with E-state index in [1.807, 2.05) is 0 Å². The van der Waals surface area contributed by atoms with Gasteiger partial charge in [0, 0.05) is 10.7 Å². The highest BCUT2D eigenvalue weighted by Gasteiger charge is 2.25. The van der Waals surface area contributed by atoms with Crippen LogP contribution in [0.15, 0.2) is 16.7 Å². The fraction of sp³-hybridized carbons (Fsp3) is 0.500. The Labute approximate surface area is 120 Å². The van der Waals surface area contributed by atoms with E-state index < -0.39 is 0 Å². The SMILES string of the molecule is CC1CCNC(C(=O)Nc2cc(Br)cnc2Cl)C1. The molecule has 0 aromatic carbocycles. The van der Waals surface area contributed by atoms with Crippen molar-refractivity contribution >= 4 is 39.1 Å². The molecule has 0 spiro atoms. The first-order chi connectivity index (χ1) is 8.56. The maximum atomic E-state index is 12.1. The summed E-state index contributed by atoms with van der Waals surface area (Å²) in [7, 11) is 0. The van der Waals surface area contributed by atoms with E-state index in [-0.39, 0.29) is 11.9 Å². The number of nitrogens with one attached hydrogen (secondary N) is 2. The summed E-state index contributed by atoms with van der Waals surface area (Å²) < 4.78 is 0.784. The molecule has 1 fully saturated rings. The predicted octanol–water partition coefficient (Wildman–Crippen LogP) is 2.82. The minimum Gasteiger partial charge on any atom is -0.322 e. The van der Waals surface area contributed by atoms with Crippen LogP contribution in [0.3, 0.4) is 0 Å². The van der Waals surface area contributed by atoms with Crippen LogP contribution in [0.4, 0.5) is 5.69 Å². The number of carbonyl (C=O) groups is 1. The van der Waals surface area contributed by atoms with Crippen LogP contribution < -0.4 is 10.6 Å². The maximum absolute atomic E-state index is 12.1. The molecule has 2 atom stereocenters. The van der Waals surface area contributed by atoms with E-state index >= 15 is 0 Å². The van der Waals surface area contributed by atoms with Crippen LogP contribution in [0.1, 0.15) is 19.8 Å². The van der Waals surface area contributed by atoms with Crippen LogP contribution in [-0.2, 0) is 4.79 Å². The molecule has 0 saturated carbocycles. The molecule has 4 nitrogen and oxygen atoms in total. The molecule has 2 N–H and O–H groups in total. The van der Waals surface area contributed by atoms with Gasteiger partial charge in [-0.1, -0.05) is 18.5 Å². The summed E-state index contributed by atoms with van der Waals surface area (Å²) in [6.07, 6.45) is 3.56. The molecule has 0 aliphatic carbocycles. The summed E-state index contributed by atoms with van der Waals surface area (Å²) >= 11 is 9.24. The smallest absolute Gasteiger partial charge is 0.241 e. The predicted molar refractivity (Wildman–Crippen MR) is 75.8 cm³/mol. The average molecular weight is 333 g/mol. The number of pyridine rings is 1. The Hall–Kier alpha value is -0.650. The third kappa shape index (κ3) is 3.43. The van der Waals surface area contributed by atoms with E-state index in [0.29, 0.717) is 16.8 Å². The van der Waals surface area contributed by atoms with Crippen LogP contribution in [0.2, 0.25) is 5.15 Å². The minimum atomic E-state index is -0.149. The number of carbonyl (C=O) groups excluding carboxylic acids is 1. The van der Waals surface area contributed by atoms with Crippen LogP contribution in [0.25, 0.3) is 0 Å². The Bertz CT molecular complexity index is 455. The number of aromatic nitrogens is 1. The van der Waals surface area contributed by atoms with Gasteiger partial charge in [0.1, 0.15) is 0 Å². The Morgan fingerprint density at radius 3 is 3.17 bits per heavy atom. The van der Waals surface area contributed by atoms with Crippen LogP contribution in [0, 0.1) is 5.92 Å². The molecule has 0 radical (unpaired) electrons. The Morgan fingerprint density at radius 2 is 2.44 bits per heavy atom. The van der Waals surface area contributed by atoms with Gasteiger partial charge in [-0.25, -0.2) is 4.98 Å². The van der Waals surface area contributed by atoms with Crippen molar-refractivity contribution in [1.29, 1.82) is 0 Å². The van der Waals surface area contributed by atoms with Gasteiger partial charge in [-0.2, -0.15) is 0 Å². The molecule has 0 bridgehead atoms. The van der Waals surface area contributed by atoms with Crippen molar-refractivity contribution < 1.29 is 4.79 Å². The first-order valence-corrected chi connectivity index (χ1v) is 7.08. The molecule has 1 aliphatic heterocycles. The summed E-state index contributed by atoms with van der Waals surface area (Å²) in [6, 6.07) is 1.60.